The molecule has 64 valence electrons. The molecule has 0 spiro atoms. The van der Waals surface area contributed by atoms with Crippen molar-refractivity contribution in [2.45, 2.75) is 0 Å². The maximum absolute atomic E-state index is 10.6. The lowest BCUT2D eigenvalue weighted by Crippen LogP contribution is -2.02. The van der Waals surface area contributed by atoms with Gasteiger partial charge in [0.25, 0.3) is 0 Å². The summed E-state index contributed by atoms with van der Waals surface area (Å²) >= 11 is 7.66. The van der Waals surface area contributed by atoms with Gasteiger partial charge in [-0.05, 0) is 34.7 Å². The quantitative estimate of drug-likeness (QED) is 0.617. The molecule has 0 aliphatic heterocycles. The predicted molar refractivity (Wildman–Crippen MR) is 55.5 cm³/mol. The van der Waals surface area contributed by atoms with Crippen molar-refractivity contribution < 1.29 is 9.90 Å². The van der Waals surface area contributed by atoms with Crippen molar-refractivity contribution in [2.75, 3.05) is 5.73 Å². The fraction of sp³-hybridized carbons (Fsp3) is 0. The zero-order valence-corrected chi connectivity index (χ0v) is 8.76. The monoisotopic (exact) mass is 297 g/mol. The van der Waals surface area contributed by atoms with Gasteiger partial charge in [-0.1, -0.05) is 11.6 Å². The summed E-state index contributed by atoms with van der Waals surface area (Å²) in [7, 11) is 0. The molecule has 3 nitrogen and oxygen atoms in total. The molecule has 12 heavy (non-hydrogen) atoms. The fourth-order valence-electron chi connectivity index (χ4n) is 0.747. The summed E-state index contributed by atoms with van der Waals surface area (Å²) in [5.74, 6) is -1.04. The summed E-state index contributed by atoms with van der Waals surface area (Å²) < 4.78 is 0.681. The summed E-state index contributed by atoms with van der Waals surface area (Å²) in [6.45, 7) is 0. The Morgan fingerprint density at radius 3 is 2.67 bits per heavy atom. The molecule has 0 fully saturated rings. The number of halogens is 2. The molecule has 0 atom stereocenters. The van der Waals surface area contributed by atoms with E-state index in [2.05, 4.69) is 0 Å². The van der Waals surface area contributed by atoms with Crippen LogP contribution in [0.15, 0.2) is 12.1 Å². The number of nitrogen functional groups attached to an aromatic ring is 1. The Balaban J connectivity index is 3.33. The van der Waals surface area contributed by atoms with Crippen LogP contribution in [0, 0.1) is 3.57 Å². The summed E-state index contributed by atoms with van der Waals surface area (Å²) in [6.07, 6.45) is 0. The number of aromatic carboxylic acids is 1. The van der Waals surface area contributed by atoms with Gasteiger partial charge in [-0.25, -0.2) is 4.79 Å². The Bertz CT molecular complexity index is 340. The Morgan fingerprint density at radius 1 is 1.58 bits per heavy atom. The Kier molecular flexibility index (Phi) is 2.79. The Labute approximate surface area is 87.7 Å². The van der Waals surface area contributed by atoms with Crippen LogP contribution in [0.1, 0.15) is 10.4 Å². The highest BCUT2D eigenvalue weighted by molar-refractivity contribution is 14.1. The summed E-state index contributed by atoms with van der Waals surface area (Å²) in [4.78, 5) is 10.6. The maximum atomic E-state index is 10.6. The van der Waals surface area contributed by atoms with Gasteiger partial charge in [0, 0.05) is 9.26 Å². The third-order valence-corrected chi connectivity index (χ3v) is 2.85. The van der Waals surface area contributed by atoms with Gasteiger partial charge in [0.2, 0.25) is 0 Å². The Morgan fingerprint density at radius 2 is 2.17 bits per heavy atom. The van der Waals surface area contributed by atoms with E-state index in [1.54, 1.807) is 0 Å². The van der Waals surface area contributed by atoms with Crippen molar-refractivity contribution in [1.29, 1.82) is 0 Å². The molecule has 0 saturated carbocycles. The third-order valence-electron chi connectivity index (χ3n) is 1.32. The van der Waals surface area contributed by atoms with Crippen molar-refractivity contribution >= 4 is 45.8 Å². The van der Waals surface area contributed by atoms with E-state index in [0.29, 0.717) is 8.59 Å². The van der Waals surface area contributed by atoms with Gasteiger partial charge in [-0.3, -0.25) is 0 Å². The molecular weight excluding hydrogens is 292 g/mol. The number of hydrogen-bond donors (Lipinski definition) is 2. The molecule has 0 bridgehead atoms. The molecule has 1 rings (SSSR count). The van der Waals surface area contributed by atoms with E-state index >= 15 is 0 Å². The second-order valence-electron chi connectivity index (χ2n) is 2.16. The molecule has 5 heteroatoms. The van der Waals surface area contributed by atoms with Crippen LogP contribution in [0.4, 0.5) is 5.69 Å². The molecule has 1 aromatic carbocycles. The number of anilines is 1. The highest BCUT2D eigenvalue weighted by Crippen LogP contribution is 2.24. The fourth-order valence-corrected chi connectivity index (χ4v) is 1.39. The minimum absolute atomic E-state index is 0.0869. The molecule has 1 aromatic rings. The van der Waals surface area contributed by atoms with E-state index in [1.165, 1.54) is 12.1 Å². The maximum Gasteiger partial charge on any atom is 0.337 e. The van der Waals surface area contributed by atoms with Gasteiger partial charge < -0.3 is 10.8 Å². The van der Waals surface area contributed by atoms with Crippen LogP contribution in [0.5, 0.6) is 0 Å². The topological polar surface area (TPSA) is 63.3 Å². The molecule has 0 radical (unpaired) electrons. The van der Waals surface area contributed by atoms with E-state index in [9.17, 15) is 4.79 Å². The van der Waals surface area contributed by atoms with Crippen LogP contribution >= 0.6 is 34.2 Å². The van der Waals surface area contributed by atoms with Gasteiger partial charge in [0.15, 0.2) is 0 Å². The number of carboxylic acid groups (broad SMARTS) is 1. The van der Waals surface area contributed by atoms with Crippen LogP contribution in [0.3, 0.4) is 0 Å². The molecule has 0 unspecified atom stereocenters. The number of carbonyl (C=O) groups is 1. The first-order valence-corrected chi connectivity index (χ1v) is 4.46. The molecule has 0 aromatic heterocycles. The second-order valence-corrected chi connectivity index (χ2v) is 3.73. The highest BCUT2D eigenvalue weighted by Gasteiger charge is 2.10. The van der Waals surface area contributed by atoms with E-state index in [1.807, 2.05) is 22.6 Å². The minimum atomic E-state index is -1.04. The number of carboxylic acids is 1. The second kappa shape index (κ2) is 3.49. The number of hydrogen-bond acceptors (Lipinski definition) is 2. The molecule has 3 N–H and O–H groups in total. The smallest absolute Gasteiger partial charge is 0.337 e. The van der Waals surface area contributed by atoms with Crippen LogP contribution in [0.25, 0.3) is 0 Å². The summed E-state index contributed by atoms with van der Waals surface area (Å²) in [5.41, 5.74) is 5.70. The largest absolute Gasteiger partial charge is 0.478 e. The van der Waals surface area contributed by atoms with Crippen LogP contribution < -0.4 is 5.73 Å². The molecular formula is C7H5ClINO2. The normalized spacial score (nSPS) is 9.83. The van der Waals surface area contributed by atoms with Gasteiger partial charge in [-0.15, -0.1) is 0 Å². The van der Waals surface area contributed by atoms with Gasteiger partial charge in [0.1, 0.15) is 0 Å². The Hall–Kier alpha value is -0.490. The third kappa shape index (κ3) is 1.81. The highest BCUT2D eigenvalue weighted by atomic mass is 127. The SMILES string of the molecule is Nc1cc(Cl)c(I)cc1C(=O)O. The lowest BCUT2D eigenvalue weighted by atomic mass is 10.2. The first-order valence-electron chi connectivity index (χ1n) is 3.00. The molecule has 0 aliphatic carbocycles. The van der Waals surface area contributed by atoms with Crippen molar-refractivity contribution in [1.82, 2.24) is 0 Å². The van der Waals surface area contributed by atoms with Crippen molar-refractivity contribution in [3.8, 4) is 0 Å². The molecule has 0 heterocycles. The zero-order valence-electron chi connectivity index (χ0n) is 5.84. The minimum Gasteiger partial charge on any atom is -0.478 e. The molecule has 0 aliphatic rings. The van der Waals surface area contributed by atoms with E-state index in [4.69, 9.17) is 22.4 Å². The van der Waals surface area contributed by atoms with Crippen molar-refractivity contribution in [3.05, 3.63) is 26.3 Å². The van der Waals surface area contributed by atoms with Gasteiger partial charge in [0.05, 0.1) is 10.6 Å². The number of rotatable bonds is 1. The van der Waals surface area contributed by atoms with Gasteiger partial charge in [-0.2, -0.15) is 0 Å². The van der Waals surface area contributed by atoms with Crippen molar-refractivity contribution in [3.63, 3.8) is 0 Å². The summed E-state index contributed by atoms with van der Waals surface area (Å²) in [6, 6.07) is 2.88. The van der Waals surface area contributed by atoms with Crippen molar-refractivity contribution in [2.24, 2.45) is 0 Å². The van der Waals surface area contributed by atoms with E-state index in [-0.39, 0.29) is 11.3 Å². The zero-order chi connectivity index (χ0) is 9.30. The number of benzene rings is 1. The first-order chi connectivity index (χ1) is 5.52. The molecule has 0 amide bonds. The predicted octanol–water partition coefficient (Wildman–Crippen LogP) is 2.23. The first kappa shape index (κ1) is 9.60. The lowest BCUT2D eigenvalue weighted by molar-refractivity contribution is 0.0698. The van der Waals surface area contributed by atoms with Crippen LogP contribution in [0.2, 0.25) is 5.02 Å². The average Bonchev–Trinajstić information content (AvgIpc) is 1.96. The van der Waals surface area contributed by atoms with E-state index in [0.717, 1.165) is 0 Å². The number of nitrogens with two attached hydrogens (primary N) is 1. The molecule has 0 saturated heterocycles. The average molecular weight is 297 g/mol. The van der Waals surface area contributed by atoms with E-state index < -0.39 is 5.97 Å². The summed E-state index contributed by atoms with van der Waals surface area (Å²) in [5, 5.41) is 9.13. The lowest BCUT2D eigenvalue weighted by Gasteiger charge is -2.02. The van der Waals surface area contributed by atoms with Crippen LogP contribution in [-0.4, -0.2) is 11.1 Å². The van der Waals surface area contributed by atoms with Crippen LogP contribution in [-0.2, 0) is 0 Å². The van der Waals surface area contributed by atoms with Gasteiger partial charge >= 0.3 is 5.97 Å². The standard InChI is InChI=1S/C7H5ClINO2/c8-4-2-6(10)3(7(11)12)1-5(4)9/h1-2H,10H2,(H,11,12).